The number of carbonyl (C=O) groups excluding carboxylic acids is 1. The van der Waals surface area contributed by atoms with E-state index in [0.29, 0.717) is 67.3 Å². The number of nitrogens with one attached hydrogen (secondary N) is 2. The molecule has 0 aliphatic heterocycles. The highest BCUT2D eigenvalue weighted by atomic mass is 35.5. The smallest absolute Gasteiger partial charge is 0.224 e. The number of nitrogens with zero attached hydrogens (tertiary/aromatic N) is 4. The molecule has 5 N–H and O–H groups in total. The number of fused-ring (bicyclic) bond motifs is 1. The van der Waals surface area contributed by atoms with E-state index in [1.54, 1.807) is 6.20 Å². The van der Waals surface area contributed by atoms with E-state index in [-0.39, 0.29) is 40.1 Å². The van der Waals surface area contributed by atoms with Gasteiger partial charge in [0.1, 0.15) is 11.3 Å². The lowest BCUT2D eigenvalue weighted by Gasteiger charge is -2.32. The van der Waals surface area contributed by atoms with Crippen LogP contribution < -0.4 is 16.4 Å². The lowest BCUT2D eigenvalue weighted by molar-refractivity contribution is -0.122. The number of anilines is 3. The number of primary amides is 1. The van der Waals surface area contributed by atoms with E-state index in [0.717, 1.165) is 0 Å². The van der Waals surface area contributed by atoms with Crippen molar-refractivity contribution < 1.29 is 14.3 Å². The molecule has 2 heterocycles. The van der Waals surface area contributed by atoms with Crippen LogP contribution in [-0.4, -0.2) is 42.7 Å². The van der Waals surface area contributed by atoms with Crippen LogP contribution in [0.15, 0.2) is 18.3 Å². The van der Waals surface area contributed by atoms with Gasteiger partial charge in [0.15, 0.2) is 5.65 Å². The molecule has 2 aliphatic carbocycles. The minimum atomic E-state index is -0.540. The number of nitrogens with two attached hydrogens (primary N) is 1. The number of imidazole rings is 1. The molecule has 1 aromatic carbocycles. The Morgan fingerprint density at radius 1 is 1.15 bits per heavy atom. The van der Waals surface area contributed by atoms with Gasteiger partial charge in [0.25, 0.3) is 0 Å². The van der Waals surface area contributed by atoms with Crippen LogP contribution in [0.3, 0.4) is 0 Å². The zero-order valence-electron chi connectivity index (χ0n) is 18.1. The van der Waals surface area contributed by atoms with Crippen molar-refractivity contribution in [1.29, 1.82) is 0 Å². The number of carbonyl (C=O) groups is 1. The Bertz CT molecular complexity index is 1220. The molecule has 9 nitrogen and oxygen atoms in total. The Balaban J connectivity index is 1.52. The first-order valence-electron chi connectivity index (χ1n) is 11.2. The molecular weight excluding hydrogens is 484 g/mol. The molecule has 2 saturated carbocycles. The summed E-state index contributed by atoms with van der Waals surface area (Å²) in [5.74, 6) is -0.0882. The highest BCUT2D eigenvalue weighted by Gasteiger charge is 2.31. The van der Waals surface area contributed by atoms with Crippen LogP contribution >= 0.6 is 23.2 Å². The zero-order valence-corrected chi connectivity index (χ0v) is 19.7. The summed E-state index contributed by atoms with van der Waals surface area (Å²) in [5, 5.41) is 16.2. The number of amides is 1. The van der Waals surface area contributed by atoms with E-state index < -0.39 is 5.82 Å². The molecule has 12 heteroatoms. The van der Waals surface area contributed by atoms with Crippen LogP contribution in [0, 0.1) is 11.7 Å². The van der Waals surface area contributed by atoms with Gasteiger partial charge < -0.3 is 21.5 Å². The molecule has 3 aromatic rings. The Hall–Kier alpha value is -2.69. The summed E-state index contributed by atoms with van der Waals surface area (Å²) in [6.45, 7) is 0. The van der Waals surface area contributed by atoms with Crippen molar-refractivity contribution in [3.05, 3.63) is 34.2 Å². The van der Waals surface area contributed by atoms with Crippen LogP contribution in [0.5, 0.6) is 0 Å². The molecule has 0 unspecified atom stereocenters. The van der Waals surface area contributed by atoms with Crippen LogP contribution in [0.25, 0.3) is 11.2 Å². The van der Waals surface area contributed by atoms with Gasteiger partial charge in [-0.05, 0) is 50.7 Å². The van der Waals surface area contributed by atoms with Crippen molar-refractivity contribution >= 4 is 57.9 Å². The van der Waals surface area contributed by atoms with E-state index in [9.17, 15) is 14.3 Å². The first kappa shape index (κ1) is 23.1. The molecule has 2 fully saturated rings. The summed E-state index contributed by atoms with van der Waals surface area (Å²) in [5.41, 5.74) is 7.02. The molecule has 0 radical (unpaired) electrons. The number of hydrogen-bond donors (Lipinski definition) is 4. The van der Waals surface area contributed by atoms with Crippen molar-refractivity contribution in [2.75, 3.05) is 10.6 Å². The minimum absolute atomic E-state index is 0.00521. The average molecular weight is 508 g/mol. The molecule has 5 rings (SSSR count). The molecular formula is C22H24Cl2FN7O2. The number of halogens is 3. The van der Waals surface area contributed by atoms with Gasteiger partial charge in [-0.15, -0.1) is 0 Å². The van der Waals surface area contributed by atoms with E-state index in [1.807, 2.05) is 4.57 Å². The maximum absolute atomic E-state index is 13.7. The fourth-order valence-corrected chi connectivity index (χ4v) is 5.23. The van der Waals surface area contributed by atoms with Gasteiger partial charge in [-0.1, -0.05) is 23.2 Å². The molecule has 0 bridgehead atoms. The molecule has 180 valence electrons. The van der Waals surface area contributed by atoms with Gasteiger partial charge in [0.2, 0.25) is 17.8 Å². The van der Waals surface area contributed by atoms with Gasteiger partial charge in [-0.3, -0.25) is 9.36 Å². The Kier molecular flexibility index (Phi) is 6.22. The summed E-state index contributed by atoms with van der Waals surface area (Å²) in [6.07, 6.45) is 5.36. The highest BCUT2D eigenvalue weighted by molar-refractivity contribution is 6.39. The maximum Gasteiger partial charge on any atom is 0.224 e. The molecule has 34 heavy (non-hydrogen) atoms. The summed E-state index contributed by atoms with van der Waals surface area (Å²) >= 11 is 12.5. The fourth-order valence-electron chi connectivity index (χ4n) is 4.67. The minimum Gasteiger partial charge on any atom is -0.393 e. The second kappa shape index (κ2) is 9.16. The second-order valence-corrected chi connectivity index (χ2v) is 9.77. The van der Waals surface area contributed by atoms with Gasteiger partial charge in [-0.2, -0.15) is 4.98 Å². The third-order valence-corrected chi connectivity index (χ3v) is 7.18. The number of aliphatic hydroxyl groups excluding tert-OH is 1. The standard InChI is InChI=1S/C22H24Cl2FN7O2/c23-15-5-11(25)6-16(24)18(15)30-22-29-17-9-27-21(28-12-7-14(33)8-12)31-20(17)32(22)13-3-1-10(2-4-13)19(26)34/h5-6,9-10,12-14,33H,1-4,7-8H2,(H2,26,34)(H,29,30)(H,27,28,31). The van der Waals surface area contributed by atoms with E-state index in [4.69, 9.17) is 33.9 Å². The van der Waals surface area contributed by atoms with Crippen molar-refractivity contribution in [1.82, 2.24) is 19.5 Å². The van der Waals surface area contributed by atoms with Crippen molar-refractivity contribution in [2.24, 2.45) is 11.7 Å². The summed E-state index contributed by atoms with van der Waals surface area (Å²) < 4.78 is 15.7. The maximum atomic E-state index is 13.7. The SMILES string of the molecule is NC(=O)C1CCC(n2c(Nc3c(Cl)cc(F)cc3Cl)nc3cnc(NC4CC(O)C4)nc32)CC1. The van der Waals surface area contributed by atoms with Crippen molar-refractivity contribution in [2.45, 2.75) is 56.7 Å². The van der Waals surface area contributed by atoms with Gasteiger partial charge in [0.05, 0.1) is 28.0 Å². The van der Waals surface area contributed by atoms with Crippen LogP contribution in [0.1, 0.15) is 44.6 Å². The van der Waals surface area contributed by atoms with Crippen LogP contribution in [0.2, 0.25) is 10.0 Å². The molecule has 0 spiro atoms. The number of aliphatic hydroxyl groups is 1. The summed E-state index contributed by atoms with van der Waals surface area (Å²) in [7, 11) is 0. The summed E-state index contributed by atoms with van der Waals surface area (Å²) in [4.78, 5) is 25.4. The molecule has 2 aliphatic rings. The third-order valence-electron chi connectivity index (χ3n) is 6.59. The van der Waals surface area contributed by atoms with Crippen molar-refractivity contribution in [3.63, 3.8) is 0 Å². The normalized spacial score (nSPS) is 24.6. The number of aromatic nitrogens is 4. The first-order chi connectivity index (χ1) is 16.3. The quantitative estimate of drug-likeness (QED) is 0.393. The molecule has 1 amide bonds. The zero-order chi connectivity index (χ0) is 24.0. The van der Waals surface area contributed by atoms with Gasteiger partial charge in [-0.25, -0.2) is 14.4 Å². The molecule has 2 aromatic heterocycles. The summed E-state index contributed by atoms with van der Waals surface area (Å²) in [6, 6.07) is 2.46. The lowest BCUT2D eigenvalue weighted by Crippen LogP contribution is -2.39. The largest absolute Gasteiger partial charge is 0.393 e. The monoisotopic (exact) mass is 507 g/mol. The van der Waals surface area contributed by atoms with Gasteiger partial charge in [0, 0.05) is 18.0 Å². The molecule has 0 saturated heterocycles. The first-order valence-corrected chi connectivity index (χ1v) is 11.9. The van der Waals surface area contributed by atoms with Crippen LogP contribution in [0.4, 0.5) is 22.0 Å². The highest BCUT2D eigenvalue weighted by Crippen LogP contribution is 2.39. The van der Waals surface area contributed by atoms with E-state index in [1.165, 1.54) is 12.1 Å². The predicted octanol–water partition coefficient (Wildman–Crippen LogP) is 4.17. The Morgan fingerprint density at radius 2 is 1.82 bits per heavy atom. The van der Waals surface area contributed by atoms with E-state index >= 15 is 0 Å². The van der Waals surface area contributed by atoms with E-state index in [2.05, 4.69) is 20.6 Å². The number of hydrogen-bond acceptors (Lipinski definition) is 7. The number of rotatable bonds is 6. The number of benzene rings is 1. The van der Waals surface area contributed by atoms with Crippen LogP contribution in [-0.2, 0) is 4.79 Å². The molecule has 0 atom stereocenters. The fraction of sp³-hybridized carbons (Fsp3) is 0.455. The Morgan fingerprint density at radius 3 is 2.44 bits per heavy atom. The van der Waals surface area contributed by atoms with Gasteiger partial charge >= 0.3 is 0 Å². The third kappa shape index (κ3) is 4.49. The van der Waals surface area contributed by atoms with Crippen molar-refractivity contribution in [3.8, 4) is 0 Å². The lowest BCUT2D eigenvalue weighted by atomic mass is 9.85. The predicted molar refractivity (Wildman–Crippen MR) is 128 cm³/mol. The Labute approximate surface area is 204 Å². The second-order valence-electron chi connectivity index (χ2n) is 8.95. The average Bonchev–Trinajstić information content (AvgIpc) is 3.12. The topological polar surface area (TPSA) is 131 Å².